The third kappa shape index (κ3) is 4.66. The molecule has 1 rings (SSSR count). The first-order valence-electron chi connectivity index (χ1n) is 8.76. The van der Waals surface area contributed by atoms with Gasteiger partial charge in [-0.3, -0.25) is 4.90 Å². The van der Waals surface area contributed by atoms with E-state index in [1.165, 1.54) is 4.90 Å². The van der Waals surface area contributed by atoms with Crippen molar-refractivity contribution in [1.29, 1.82) is 0 Å². The lowest BCUT2D eigenvalue weighted by molar-refractivity contribution is -0.116. The molecule has 0 saturated carbocycles. The Bertz CT molecular complexity index is 450. The fraction of sp³-hybridized carbons (Fsp3) is 0.824. The minimum Gasteiger partial charge on any atom is -0.444 e. The molecule has 138 valence electrons. The van der Waals surface area contributed by atoms with Crippen molar-refractivity contribution in [3.05, 3.63) is 0 Å². The lowest BCUT2D eigenvalue weighted by atomic mass is 10.1. The maximum atomic E-state index is 12.5. The smallest absolute Gasteiger partial charge is 0.411 e. The maximum Gasteiger partial charge on any atom is 0.411 e. The van der Waals surface area contributed by atoms with Gasteiger partial charge in [0.05, 0.1) is 12.1 Å². The summed E-state index contributed by atoms with van der Waals surface area (Å²) >= 11 is 0. The van der Waals surface area contributed by atoms with E-state index >= 15 is 0 Å². The number of hydrogen-bond acceptors (Lipinski definition) is 5. The average molecular weight is 358 g/mol. The number of likely N-dealkylation sites (tertiary alicyclic amines) is 1. The summed E-state index contributed by atoms with van der Waals surface area (Å²) in [6.07, 6.45) is 0.687. The highest BCUT2D eigenvalue weighted by molar-refractivity contribution is 6.73. The number of carbonyl (C=O) groups excluding carboxylic acids is 3. The number of ether oxygens (including phenoxy) is 1. The standard InChI is InChI=1S/C17H31NO5Si/c1-7-24(8-2,9-3)23-15-10-13(11-19)18(14(15)12-20)16(21)22-17(4,5)6/h11-15H,7-10H2,1-6H3/t13-,14-,15-/m0/s1. The summed E-state index contributed by atoms with van der Waals surface area (Å²) in [5, 5.41) is 0. The Balaban J connectivity index is 3.04. The van der Waals surface area contributed by atoms with Crippen LogP contribution in [0.5, 0.6) is 0 Å². The first-order chi connectivity index (χ1) is 11.2. The highest BCUT2D eigenvalue weighted by atomic mass is 28.4. The molecule has 0 aromatic rings. The predicted octanol–water partition coefficient (Wildman–Crippen LogP) is 3.15. The van der Waals surface area contributed by atoms with E-state index in [1.54, 1.807) is 20.8 Å². The van der Waals surface area contributed by atoms with Gasteiger partial charge in [-0.1, -0.05) is 20.8 Å². The summed E-state index contributed by atoms with van der Waals surface area (Å²) in [6, 6.07) is 1.38. The fourth-order valence-corrected chi connectivity index (χ4v) is 6.05. The highest BCUT2D eigenvalue weighted by Crippen LogP contribution is 2.32. The molecular formula is C17H31NO5Si. The number of hydrogen-bond donors (Lipinski definition) is 0. The SMILES string of the molecule is CC[Si](CC)(CC)O[C@H]1C[C@@H](C=O)N(C(=O)OC(C)(C)C)[C@H]1C=O. The number of amides is 1. The van der Waals surface area contributed by atoms with Crippen molar-refractivity contribution >= 4 is 27.0 Å². The zero-order chi connectivity index (χ0) is 18.5. The van der Waals surface area contributed by atoms with Gasteiger partial charge in [0.25, 0.3) is 0 Å². The molecule has 0 spiro atoms. The zero-order valence-corrected chi connectivity index (χ0v) is 16.7. The van der Waals surface area contributed by atoms with Crippen LogP contribution >= 0.6 is 0 Å². The molecule has 0 radical (unpaired) electrons. The molecule has 0 unspecified atom stereocenters. The van der Waals surface area contributed by atoms with Crippen molar-refractivity contribution in [2.75, 3.05) is 0 Å². The van der Waals surface area contributed by atoms with Crippen LogP contribution in [0.4, 0.5) is 4.79 Å². The van der Waals surface area contributed by atoms with Gasteiger partial charge in [-0.25, -0.2) is 4.79 Å². The first-order valence-corrected chi connectivity index (χ1v) is 11.3. The van der Waals surface area contributed by atoms with Crippen LogP contribution in [-0.4, -0.2) is 55.7 Å². The van der Waals surface area contributed by atoms with Crippen LogP contribution in [0.1, 0.15) is 48.0 Å². The molecule has 1 aliphatic heterocycles. The summed E-state index contributed by atoms with van der Waals surface area (Å²) in [4.78, 5) is 36.8. The first kappa shape index (κ1) is 20.8. The topological polar surface area (TPSA) is 72.9 Å². The Morgan fingerprint density at radius 3 is 2.04 bits per heavy atom. The van der Waals surface area contributed by atoms with E-state index in [0.717, 1.165) is 18.1 Å². The molecule has 0 aliphatic carbocycles. The second kappa shape index (κ2) is 8.25. The van der Waals surface area contributed by atoms with E-state index in [2.05, 4.69) is 20.8 Å². The predicted molar refractivity (Wildman–Crippen MR) is 94.5 cm³/mol. The van der Waals surface area contributed by atoms with Crippen molar-refractivity contribution in [1.82, 2.24) is 4.90 Å². The van der Waals surface area contributed by atoms with Gasteiger partial charge in [-0.2, -0.15) is 0 Å². The van der Waals surface area contributed by atoms with E-state index in [-0.39, 0.29) is 0 Å². The molecule has 1 amide bonds. The van der Waals surface area contributed by atoms with Crippen LogP contribution in [-0.2, 0) is 18.8 Å². The fourth-order valence-electron chi connectivity index (χ4n) is 3.18. The molecule has 0 aromatic carbocycles. The Labute approximate surface area is 146 Å². The molecule has 6 nitrogen and oxygen atoms in total. The van der Waals surface area contributed by atoms with Crippen molar-refractivity contribution in [2.45, 2.75) is 89.9 Å². The molecule has 1 fully saturated rings. The largest absolute Gasteiger partial charge is 0.444 e. The quantitative estimate of drug-likeness (QED) is 0.517. The number of rotatable bonds is 7. The van der Waals surface area contributed by atoms with Gasteiger partial charge in [0.15, 0.2) is 8.32 Å². The van der Waals surface area contributed by atoms with Crippen LogP contribution in [0, 0.1) is 0 Å². The van der Waals surface area contributed by atoms with E-state index < -0.39 is 38.2 Å². The average Bonchev–Trinajstić information content (AvgIpc) is 2.88. The van der Waals surface area contributed by atoms with Crippen molar-refractivity contribution < 1.29 is 23.5 Å². The number of carbonyl (C=O) groups is 3. The minimum atomic E-state index is -1.95. The van der Waals surface area contributed by atoms with Crippen molar-refractivity contribution in [3.8, 4) is 0 Å². The Kier molecular flexibility index (Phi) is 7.16. The van der Waals surface area contributed by atoms with Crippen LogP contribution in [0.25, 0.3) is 0 Å². The second-order valence-corrected chi connectivity index (χ2v) is 12.1. The van der Waals surface area contributed by atoms with Crippen LogP contribution in [0.3, 0.4) is 0 Å². The lowest BCUT2D eigenvalue weighted by Gasteiger charge is -2.34. The van der Waals surface area contributed by atoms with Crippen LogP contribution in [0.15, 0.2) is 0 Å². The van der Waals surface area contributed by atoms with Gasteiger partial charge in [0.1, 0.15) is 24.2 Å². The van der Waals surface area contributed by atoms with Gasteiger partial charge in [0.2, 0.25) is 0 Å². The van der Waals surface area contributed by atoms with Gasteiger partial charge < -0.3 is 18.8 Å². The van der Waals surface area contributed by atoms with Gasteiger partial charge in [-0.05, 0) is 38.9 Å². The Morgan fingerprint density at radius 2 is 1.67 bits per heavy atom. The summed E-state index contributed by atoms with van der Waals surface area (Å²) in [5.74, 6) is 0. The van der Waals surface area contributed by atoms with E-state index in [9.17, 15) is 14.4 Å². The maximum absolute atomic E-state index is 12.5. The molecule has 7 heteroatoms. The summed E-state index contributed by atoms with van der Waals surface area (Å²) in [6.45, 7) is 11.6. The lowest BCUT2D eigenvalue weighted by Crippen LogP contribution is -2.49. The molecule has 0 N–H and O–H groups in total. The molecule has 1 saturated heterocycles. The molecule has 0 aromatic heterocycles. The number of aldehydes is 2. The summed E-state index contributed by atoms with van der Waals surface area (Å²) in [7, 11) is -1.95. The molecule has 3 atom stereocenters. The van der Waals surface area contributed by atoms with Crippen LogP contribution in [0.2, 0.25) is 18.1 Å². The Morgan fingerprint density at radius 1 is 1.12 bits per heavy atom. The molecule has 1 heterocycles. The van der Waals surface area contributed by atoms with Gasteiger partial charge >= 0.3 is 6.09 Å². The third-order valence-electron chi connectivity index (χ3n) is 4.77. The molecular weight excluding hydrogens is 326 g/mol. The zero-order valence-electron chi connectivity index (χ0n) is 15.7. The highest BCUT2D eigenvalue weighted by Gasteiger charge is 2.48. The molecule has 24 heavy (non-hydrogen) atoms. The van der Waals surface area contributed by atoms with E-state index in [0.29, 0.717) is 19.0 Å². The van der Waals surface area contributed by atoms with Crippen molar-refractivity contribution in [3.63, 3.8) is 0 Å². The minimum absolute atomic E-state index is 0.348. The Hall–Kier alpha value is -1.21. The van der Waals surface area contributed by atoms with Crippen molar-refractivity contribution in [2.24, 2.45) is 0 Å². The van der Waals surface area contributed by atoms with Gasteiger partial charge in [0, 0.05) is 6.42 Å². The number of nitrogens with zero attached hydrogens (tertiary/aromatic N) is 1. The second-order valence-electron chi connectivity index (χ2n) is 7.35. The molecule has 0 bridgehead atoms. The van der Waals surface area contributed by atoms with E-state index in [4.69, 9.17) is 9.16 Å². The summed E-state index contributed by atoms with van der Waals surface area (Å²) in [5.41, 5.74) is -0.689. The molecule has 1 aliphatic rings. The third-order valence-corrected chi connectivity index (χ3v) is 9.44. The van der Waals surface area contributed by atoms with E-state index in [1.807, 2.05) is 0 Å². The monoisotopic (exact) mass is 357 g/mol. The van der Waals surface area contributed by atoms with Crippen LogP contribution < -0.4 is 0 Å². The summed E-state index contributed by atoms with van der Waals surface area (Å²) < 4.78 is 11.8. The normalized spacial score (nSPS) is 24.8. The van der Waals surface area contributed by atoms with Gasteiger partial charge in [-0.15, -0.1) is 0 Å².